The van der Waals surface area contributed by atoms with Gasteiger partial charge in [0.15, 0.2) is 0 Å². The molecule has 1 aromatic carbocycles. The number of hydrogen-bond donors (Lipinski definition) is 2. The molecule has 1 aromatic rings. The average molecular weight is 330 g/mol. The molecule has 0 aliphatic heterocycles. The van der Waals surface area contributed by atoms with Crippen molar-refractivity contribution in [1.82, 2.24) is 5.32 Å². The zero-order valence-corrected chi connectivity index (χ0v) is 11.3. The van der Waals surface area contributed by atoms with E-state index in [1.165, 1.54) is 12.8 Å². The third-order valence-corrected chi connectivity index (χ3v) is 3.44. The maximum atomic E-state index is 11.6. The fourth-order valence-corrected chi connectivity index (χ4v) is 2.20. The smallest absolute Gasteiger partial charge is 0.319 e. The van der Waals surface area contributed by atoms with Crippen molar-refractivity contribution in [2.24, 2.45) is 5.92 Å². The van der Waals surface area contributed by atoms with Crippen LogP contribution in [-0.4, -0.2) is 12.1 Å². The molecule has 0 radical (unpaired) electrons. The van der Waals surface area contributed by atoms with Gasteiger partial charge >= 0.3 is 6.03 Å². The molecule has 1 aliphatic rings. The van der Waals surface area contributed by atoms with Crippen LogP contribution in [0.3, 0.4) is 0 Å². The van der Waals surface area contributed by atoms with Crippen LogP contribution in [0.2, 0.25) is 0 Å². The molecule has 2 N–H and O–H groups in total. The minimum Gasteiger partial charge on any atom is -0.335 e. The van der Waals surface area contributed by atoms with Gasteiger partial charge in [0, 0.05) is 15.3 Å². The maximum Gasteiger partial charge on any atom is 0.319 e. The Balaban J connectivity index is 1.86. The first kappa shape index (κ1) is 11.7. The molecular formula is C12H15IN2O. The summed E-state index contributed by atoms with van der Waals surface area (Å²) in [6.07, 6.45) is 2.48. The molecule has 1 fully saturated rings. The van der Waals surface area contributed by atoms with Crippen molar-refractivity contribution in [2.75, 3.05) is 5.32 Å². The molecule has 1 unspecified atom stereocenters. The lowest BCUT2D eigenvalue weighted by molar-refractivity contribution is 0.248. The van der Waals surface area contributed by atoms with Gasteiger partial charge in [-0.1, -0.05) is 6.07 Å². The van der Waals surface area contributed by atoms with Gasteiger partial charge < -0.3 is 10.6 Å². The molecule has 1 saturated carbocycles. The van der Waals surface area contributed by atoms with E-state index < -0.39 is 0 Å². The van der Waals surface area contributed by atoms with Gasteiger partial charge in [-0.15, -0.1) is 0 Å². The Morgan fingerprint density at radius 1 is 1.50 bits per heavy atom. The zero-order valence-electron chi connectivity index (χ0n) is 9.16. The van der Waals surface area contributed by atoms with Crippen molar-refractivity contribution < 1.29 is 4.79 Å². The Hall–Kier alpha value is -0.780. The van der Waals surface area contributed by atoms with E-state index in [0.29, 0.717) is 5.92 Å². The van der Waals surface area contributed by atoms with E-state index in [4.69, 9.17) is 0 Å². The highest BCUT2D eigenvalue weighted by Crippen LogP contribution is 2.32. The van der Waals surface area contributed by atoms with Crippen molar-refractivity contribution >= 4 is 34.3 Å². The van der Waals surface area contributed by atoms with Crippen LogP contribution in [-0.2, 0) is 0 Å². The normalized spacial score (nSPS) is 16.6. The summed E-state index contributed by atoms with van der Waals surface area (Å²) in [6.45, 7) is 2.06. The van der Waals surface area contributed by atoms with Gasteiger partial charge in [0.25, 0.3) is 0 Å². The van der Waals surface area contributed by atoms with Crippen LogP contribution in [0.1, 0.15) is 19.8 Å². The lowest BCUT2D eigenvalue weighted by Gasteiger charge is -2.13. The topological polar surface area (TPSA) is 41.1 Å². The Morgan fingerprint density at radius 2 is 2.25 bits per heavy atom. The molecule has 16 heavy (non-hydrogen) atoms. The monoisotopic (exact) mass is 330 g/mol. The summed E-state index contributed by atoms with van der Waals surface area (Å²) >= 11 is 2.23. The van der Waals surface area contributed by atoms with Gasteiger partial charge in [-0.05, 0) is 66.5 Å². The van der Waals surface area contributed by atoms with E-state index in [2.05, 4.69) is 40.1 Å². The van der Waals surface area contributed by atoms with Crippen molar-refractivity contribution in [2.45, 2.75) is 25.8 Å². The SMILES string of the molecule is CC(NC(=O)Nc1cccc(I)c1)C1CC1. The predicted octanol–water partition coefficient (Wildman–Crippen LogP) is 3.21. The lowest BCUT2D eigenvalue weighted by Crippen LogP contribution is -2.37. The van der Waals surface area contributed by atoms with Crippen LogP contribution >= 0.6 is 22.6 Å². The van der Waals surface area contributed by atoms with Crippen molar-refractivity contribution in [3.8, 4) is 0 Å². The molecule has 2 amide bonds. The number of benzene rings is 1. The molecule has 86 valence electrons. The number of anilines is 1. The number of nitrogens with one attached hydrogen (secondary N) is 2. The summed E-state index contributed by atoms with van der Waals surface area (Å²) in [4.78, 5) is 11.6. The van der Waals surface area contributed by atoms with Crippen LogP contribution in [0, 0.1) is 9.49 Å². The van der Waals surface area contributed by atoms with Gasteiger partial charge in [0.1, 0.15) is 0 Å². The van der Waals surface area contributed by atoms with Crippen molar-refractivity contribution in [3.63, 3.8) is 0 Å². The van der Waals surface area contributed by atoms with Gasteiger partial charge in [0.2, 0.25) is 0 Å². The van der Waals surface area contributed by atoms with Crippen LogP contribution < -0.4 is 10.6 Å². The predicted molar refractivity (Wildman–Crippen MR) is 73.5 cm³/mol. The summed E-state index contributed by atoms with van der Waals surface area (Å²) in [7, 11) is 0. The van der Waals surface area contributed by atoms with E-state index in [9.17, 15) is 4.79 Å². The highest BCUT2D eigenvalue weighted by molar-refractivity contribution is 14.1. The Labute approximate surface area is 109 Å². The summed E-state index contributed by atoms with van der Waals surface area (Å²) in [5.74, 6) is 0.682. The summed E-state index contributed by atoms with van der Waals surface area (Å²) in [5, 5.41) is 5.80. The van der Waals surface area contributed by atoms with Crippen molar-refractivity contribution in [1.29, 1.82) is 0 Å². The first-order chi connectivity index (χ1) is 7.65. The second-order valence-electron chi connectivity index (χ2n) is 4.23. The molecular weight excluding hydrogens is 315 g/mol. The minimum absolute atomic E-state index is 0.110. The maximum absolute atomic E-state index is 11.6. The number of carbonyl (C=O) groups excluding carboxylic acids is 1. The van der Waals surface area contributed by atoms with E-state index in [1.54, 1.807) is 0 Å². The molecule has 1 atom stereocenters. The number of carbonyl (C=O) groups is 1. The first-order valence-electron chi connectivity index (χ1n) is 5.48. The molecule has 1 aliphatic carbocycles. The van der Waals surface area contributed by atoms with E-state index in [0.717, 1.165) is 9.26 Å². The Kier molecular flexibility index (Phi) is 3.68. The van der Waals surface area contributed by atoms with Gasteiger partial charge in [-0.3, -0.25) is 0 Å². The number of rotatable bonds is 3. The van der Waals surface area contributed by atoms with Gasteiger partial charge in [-0.25, -0.2) is 4.79 Å². The molecule has 2 rings (SSSR count). The third kappa shape index (κ3) is 3.37. The summed E-state index contributed by atoms with van der Waals surface area (Å²) in [6, 6.07) is 7.94. The quantitative estimate of drug-likeness (QED) is 0.821. The Morgan fingerprint density at radius 3 is 2.88 bits per heavy atom. The minimum atomic E-state index is -0.110. The highest BCUT2D eigenvalue weighted by Gasteiger charge is 2.28. The molecule has 0 spiro atoms. The number of hydrogen-bond acceptors (Lipinski definition) is 1. The Bertz CT molecular complexity index is 390. The van der Waals surface area contributed by atoms with Gasteiger partial charge in [0.05, 0.1) is 0 Å². The number of halogens is 1. The van der Waals surface area contributed by atoms with Crippen LogP contribution in [0.15, 0.2) is 24.3 Å². The third-order valence-electron chi connectivity index (χ3n) is 2.77. The van der Waals surface area contributed by atoms with E-state index in [1.807, 2.05) is 24.3 Å². The number of urea groups is 1. The fraction of sp³-hybridized carbons (Fsp3) is 0.417. The molecule has 0 saturated heterocycles. The highest BCUT2D eigenvalue weighted by atomic mass is 127. The van der Waals surface area contributed by atoms with Crippen LogP contribution in [0.4, 0.5) is 10.5 Å². The van der Waals surface area contributed by atoms with E-state index in [-0.39, 0.29) is 12.1 Å². The second-order valence-corrected chi connectivity index (χ2v) is 5.48. The lowest BCUT2D eigenvalue weighted by atomic mass is 10.2. The molecule has 4 heteroatoms. The fourth-order valence-electron chi connectivity index (χ4n) is 1.65. The first-order valence-corrected chi connectivity index (χ1v) is 6.56. The van der Waals surface area contributed by atoms with Crippen LogP contribution in [0.5, 0.6) is 0 Å². The largest absolute Gasteiger partial charge is 0.335 e. The van der Waals surface area contributed by atoms with Crippen LogP contribution in [0.25, 0.3) is 0 Å². The van der Waals surface area contributed by atoms with Gasteiger partial charge in [-0.2, -0.15) is 0 Å². The molecule has 0 aromatic heterocycles. The summed E-state index contributed by atoms with van der Waals surface area (Å²) in [5.41, 5.74) is 0.840. The summed E-state index contributed by atoms with van der Waals surface area (Å²) < 4.78 is 1.12. The van der Waals surface area contributed by atoms with E-state index >= 15 is 0 Å². The average Bonchev–Trinajstić information content (AvgIpc) is 2.99. The molecule has 3 nitrogen and oxygen atoms in total. The number of amides is 2. The van der Waals surface area contributed by atoms with Crippen molar-refractivity contribution in [3.05, 3.63) is 27.8 Å². The standard InChI is InChI=1S/C12H15IN2O/c1-8(9-5-6-9)14-12(16)15-11-4-2-3-10(13)7-11/h2-4,7-9H,5-6H2,1H3,(H2,14,15,16). The zero-order chi connectivity index (χ0) is 11.5. The molecule has 0 heterocycles. The second kappa shape index (κ2) is 5.03. The molecule has 0 bridgehead atoms.